The molecule has 0 N–H and O–H groups in total. The summed E-state index contributed by atoms with van der Waals surface area (Å²) in [4.78, 5) is 17.5. The molecule has 0 fully saturated rings. The summed E-state index contributed by atoms with van der Waals surface area (Å²) in [5.41, 5.74) is 2.46. The lowest BCUT2D eigenvalue weighted by atomic mass is 10.1. The van der Waals surface area contributed by atoms with Crippen molar-refractivity contribution >= 4 is 21.4 Å². The predicted octanol–water partition coefficient (Wildman–Crippen LogP) is 4.38. The Hall–Kier alpha value is -2.18. The Kier molecular flexibility index (Phi) is 7.60. The smallest absolute Gasteiger partial charge is 0.258 e. The number of benzene rings is 2. The van der Waals surface area contributed by atoms with Gasteiger partial charge in [0.05, 0.1) is 4.90 Å². The fourth-order valence-electron chi connectivity index (χ4n) is 3.29. The summed E-state index contributed by atoms with van der Waals surface area (Å²) in [7, 11) is -3.27. The van der Waals surface area contributed by atoms with E-state index in [1.165, 1.54) is 11.8 Å². The van der Waals surface area contributed by atoms with Crippen molar-refractivity contribution in [1.82, 2.24) is 4.90 Å². The van der Waals surface area contributed by atoms with Crippen LogP contribution >= 0.6 is 0 Å². The highest BCUT2D eigenvalue weighted by molar-refractivity contribution is 7.90. The number of nitrogens with zero attached hydrogens (tertiary/aromatic N) is 2. The highest BCUT2D eigenvalue weighted by atomic mass is 32.2. The normalized spacial score (nSPS) is 12.0. The van der Waals surface area contributed by atoms with Crippen molar-refractivity contribution in [2.75, 3.05) is 17.7 Å². The molecule has 158 valence electrons. The van der Waals surface area contributed by atoms with Crippen LogP contribution in [-0.2, 0) is 16.4 Å². The Balaban J connectivity index is 2.25. The summed E-state index contributed by atoms with van der Waals surface area (Å²) in [6.45, 7) is 12.2. The molecule has 0 saturated carbocycles. The maximum atomic E-state index is 13.2. The first-order chi connectivity index (χ1) is 13.5. The molecule has 0 saturated heterocycles. The van der Waals surface area contributed by atoms with E-state index in [2.05, 4.69) is 25.7 Å². The van der Waals surface area contributed by atoms with E-state index in [0.717, 1.165) is 13.1 Å². The highest BCUT2D eigenvalue weighted by Gasteiger charge is 2.21. The van der Waals surface area contributed by atoms with Gasteiger partial charge in [0.1, 0.15) is 0 Å². The van der Waals surface area contributed by atoms with Crippen LogP contribution < -0.4 is 4.90 Å². The van der Waals surface area contributed by atoms with Gasteiger partial charge in [-0.2, -0.15) is 0 Å². The first kappa shape index (κ1) is 23.1. The molecule has 0 aromatic heterocycles. The summed E-state index contributed by atoms with van der Waals surface area (Å²) in [5.74, 6) is -0.102. The molecule has 0 atom stereocenters. The number of amides is 1. The van der Waals surface area contributed by atoms with Gasteiger partial charge in [-0.1, -0.05) is 19.1 Å². The number of hydrogen-bond donors (Lipinski definition) is 0. The summed E-state index contributed by atoms with van der Waals surface area (Å²) in [5, 5.41) is 0. The van der Waals surface area contributed by atoms with Crippen LogP contribution in [0.2, 0.25) is 0 Å². The molecule has 0 heterocycles. The van der Waals surface area contributed by atoms with E-state index < -0.39 is 9.84 Å². The molecule has 6 heteroatoms. The zero-order valence-corrected chi connectivity index (χ0v) is 19.0. The van der Waals surface area contributed by atoms with Crippen molar-refractivity contribution in [2.45, 2.75) is 58.1 Å². The van der Waals surface area contributed by atoms with Crippen LogP contribution in [-0.4, -0.2) is 44.1 Å². The predicted molar refractivity (Wildman–Crippen MR) is 119 cm³/mol. The molecule has 2 aromatic carbocycles. The Morgan fingerprint density at radius 3 is 1.86 bits per heavy atom. The highest BCUT2D eigenvalue weighted by Crippen LogP contribution is 2.23. The Labute approximate surface area is 175 Å². The zero-order chi connectivity index (χ0) is 21.8. The van der Waals surface area contributed by atoms with E-state index >= 15 is 0 Å². The van der Waals surface area contributed by atoms with E-state index in [0.29, 0.717) is 17.3 Å². The van der Waals surface area contributed by atoms with Gasteiger partial charge in [0.2, 0.25) is 0 Å². The van der Waals surface area contributed by atoms with E-state index in [1.807, 2.05) is 38.1 Å². The second-order valence-electron chi connectivity index (χ2n) is 7.89. The minimum absolute atomic E-state index is 0.0669. The summed E-state index contributed by atoms with van der Waals surface area (Å²) < 4.78 is 23.4. The molecule has 0 aliphatic rings. The Bertz CT molecular complexity index is 918. The van der Waals surface area contributed by atoms with Crippen molar-refractivity contribution in [1.29, 1.82) is 0 Å². The SMILES string of the molecule is CCN(Cc1ccc(C(=O)N(c2ccc(S(C)(=O)=O)cc2)C(C)C)cc1)C(C)C. The number of carbonyl (C=O) groups is 1. The Morgan fingerprint density at radius 1 is 0.897 bits per heavy atom. The summed E-state index contributed by atoms with van der Waals surface area (Å²) in [6, 6.07) is 14.6. The molecule has 5 nitrogen and oxygen atoms in total. The van der Waals surface area contributed by atoms with Crippen LogP contribution in [0.1, 0.15) is 50.5 Å². The van der Waals surface area contributed by atoms with E-state index in [4.69, 9.17) is 0 Å². The second-order valence-corrected chi connectivity index (χ2v) is 9.90. The van der Waals surface area contributed by atoms with Gasteiger partial charge in [0.25, 0.3) is 5.91 Å². The van der Waals surface area contributed by atoms with Crippen LogP contribution in [0.5, 0.6) is 0 Å². The maximum Gasteiger partial charge on any atom is 0.258 e. The minimum Gasteiger partial charge on any atom is -0.306 e. The standard InChI is InChI=1S/C23H32N2O3S/c1-7-24(17(2)3)16-19-8-10-20(11-9-19)23(26)25(18(4)5)21-12-14-22(15-13-21)29(6,27)28/h8-15,17-18H,7,16H2,1-6H3. The molecule has 1 amide bonds. The zero-order valence-electron chi connectivity index (χ0n) is 18.2. The number of carbonyl (C=O) groups excluding carboxylic acids is 1. The maximum absolute atomic E-state index is 13.2. The lowest BCUT2D eigenvalue weighted by molar-refractivity contribution is 0.0980. The van der Waals surface area contributed by atoms with Gasteiger partial charge < -0.3 is 4.90 Å². The minimum atomic E-state index is -3.27. The van der Waals surface area contributed by atoms with Gasteiger partial charge in [-0.05, 0) is 76.2 Å². The number of anilines is 1. The van der Waals surface area contributed by atoms with Crippen LogP contribution in [0.15, 0.2) is 53.4 Å². The summed E-state index contributed by atoms with van der Waals surface area (Å²) in [6.07, 6.45) is 1.17. The van der Waals surface area contributed by atoms with E-state index in [1.54, 1.807) is 29.2 Å². The molecular weight excluding hydrogens is 384 g/mol. The molecule has 0 radical (unpaired) electrons. The average molecular weight is 417 g/mol. The van der Waals surface area contributed by atoms with Gasteiger partial charge in [-0.25, -0.2) is 8.42 Å². The third-order valence-corrected chi connectivity index (χ3v) is 6.13. The number of hydrogen-bond acceptors (Lipinski definition) is 4. The van der Waals surface area contributed by atoms with Crippen molar-refractivity contribution < 1.29 is 13.2 Å². The molecule has 0 unspecified atom stereocenters. The molecule has 0 aliphatic heterocycles. The van der Waals surface area contributed by atoms with E-state index in [9.17, 15) is 13.2 Å². The number of rotatable bonds is 8. The fourth-order valence-corrected chi connectivity index (χ4v) is 3.92. The first-order valence-corrected chi connectivity index (χ1v) is 11.9. The first-order valence-electron chi connectivity index (χ1n) is 10.0. The van der Waals surface area contributed by atoms with Gasteiger partial charge in [-0.3, -0.25) is 9.69 Å². The van der Waals surface area contributed by atoms with Crippen LogP contribution in [0.4, 0.5) is 5.69 Å². The largest absolute Gasteiger partial charge is 0.306 e. The fraction of sp³-hybridized carbons (Fsp3) is 0.435. The van der Waals surface area contributed by atoms with Crippen LogP contribution in [0, 0.1) is 0 Å². The molecule has 0 spiro atoms. The topological polar surface area (TPSA) is 57.7 Å². The van der Waals surface area contributed by atoms with Gasteiger partial charge in [0, 0.05) is 36.1 Å². The molecular formula is C23H32N2O3S. The summed E-state index contributed by atoms with van der Waals surface area (Å²) >= 11 is 0. The molecule has 0 bridgehead atoms. The van der Waals surface area contributed by atoms with Crippen molar-refractivity contribution in [3.05, 3.63) is 59.7 Å². The molecule has 0 aliphatic carbocycles. The number of sulfone groups is 1. The Morgan fingerprint density at radius 2 is 1.45 bits per heavy atom. The van der Waals surface area contributed by atoms with E-state index in [-0.39, 0.29) is 16.8 Å². The van der Waals surface area contributed by atoms with Crippen LogP contribution in [0.25, 0.3) is 0 Å². The van der Waals surface area contributed by atoms with Gasteiger partial charge in [0.15, 0.2) is 9.84 Å². The lowest BCUT2D eigenvalue weighted by Crippen LogP contribution is -2.37. The quantitative estimate of drug-likeness (QED) is 0.641. The van der Waals surface area contributed by atoms with Crippen molar-refractivity contribution in [2.24, 2.45) is 0 Å². The third-order valence-electron chi connectivity index (χ3n) is 5.00. The molecule has 2 rings (SSSR count). The van der Waals surface area contributed by atoms with Crippen molar-refractivity contribution in [3.63, 3.8) is 0 Å². The molecule has 29 heavy (non-hydrogen) atoms. The monoisotopic (exact) mass is 416 g/mol. The van der Waals surface area contributed by atoms with Crippen molar-refractivity contribution in [3.8, 4) is 0 Å². The third kappa shape index (κ3) is 5.90. The van der Waals surface area contributed by atoms with Crippen LogP contribution in [0.3, 0.4) is 0 Å². The van der Waals surface area contributed by atoms with Gasteiger partial charge in [-0.15, -0.1) is 0 Å². The average Bonchev–Trinajstić information content (AvgIpc) is 2.65. The second kappa shape index (κ2) is 9.55. The molecule has 2 aromatic rings. The van der Waals surface area contributed by atoms with Gasteiger partial charge >= 0.3 is 0 Å². The lowest BCUT2D eigenvalue weighted by Gasteiger charge is -2.27.